The van der Waals surface area contributed by atoms with Gasteiger partial charge in [0.15, 0.2) is 0 Å². The maximum Gasteiger partial charge on any atom is 0.277 e. The molecule has 0 fully saturated rings. The van der Waals surface area contributed by atoms with Gasteiger partial charge in [-0.15, -0.1) is 10.2 Å². The average Bonchev–Trinajstić information content (AvgIpc) is 3.03. The van der Waals surface area contributed by atoms with Gasteiger partial charge in [0, 0.05) is 12.2 Å². The number of nitrogens with zero attached hydrogens (tertiary/aromatic N) is 4. The fraction of sp³-hybridized carbons (Fsp3) is 0.471. The summed E-state index contributed by atoms with van der Waals surface area (Å²) < 4.78 is 5.70. The van der Waals surface area contributed by atoms with E-state index < -0.39 is 0 Å². The number of carbonyl (C=O) groups excluding carboxylic acids is 1. The number of benzene rings is 1. The molecule has 130 valence electrons. The second kappa shape index (κ2) is 8.84. The van der Waals surface area contributed by atoms with E-state index in [9.17, 15) is 4.79 Å². The lowest BCUT2D eigenvalue weighted by Gasteiger charge is -2.20. The maximum absolute atomic E-state index is 12.5. The highest BCUT2D eigenvalue weighted by molar-refractivity contribution is 7.99. The second-order valence-electron chi connectivity index (χ2n) is 5.56. The summed E-state index contributed by atoms with van der Waals surface area (Å²) in [5, 5.41) is 8.58. The van der Waals surface area contributed by atoms with Gasteiger partial charge in [-0.05, 0) is 39.6 Å². The summed E-state index contributed by atoms with van der Waals surface area (Å²) in [5.41, 5.74) is 0.899. The van der Waals surface area contributed by atoms with Crippen LogP contribution in [-0.4, -0.2) is 47.4 Å². The van der Waals surface area contributed by atoms with Gasteiger partial charge in [0.25, 0.3) is 5.22 Å². The predicted molar refractivity (Wildman–Crippen MR) is 96.2 cm³/mol. The first-order chi connectivity index (χ1) is 11.6. The summed E-state index contributed by atoms with van der Waals surface area (Å²) >= 11 is 1.28. The van der Waals surface area contributed by atoms with Crippen molar-refractivity contribution in [2.24, 2.45) is 0 Å². The summed E-state index contributed by atoms with van der Waals surface area (Å²) in [4.78, 5) is 16.3. The van der Waals surface area contributed by atoms with Gasteiger partial charge in [-0.3, -0.25) is 9.69 Å². The first-order valence-electron chi connectivity index (χ1n) is 8.04. The highest BCUT2D eigenvalue weighted by atomic mass is 32.2. The Labute approximate surface area is 147 Å². The summed E-state index contributed by atoms with van der Waals surface area (Å²) in [6.45, 7) is 4.66. The van der Waals surface area contributed by atoms with Crippen LogP contribution in [0.1, 0.15) is 32.2 Å². The highest BCUT2D eigenvalue weighted by Gasteiger charge is 2.20. The van der Waals surface area contributed by atoms with E-state index in [4.69, 9.17) is 4.42 Å². The van der Waals surface area contributed by atoms with Crippen molar-refractivity contribution < 1.29 is 9.21 Å². The van der Waals surface area contributed by atoms with E-state index in [1.54, 1.807) is 4.90 Å². The van der Waals surface area contributed by atoms with Crippen LogP contribution in [0.2, 0.25) is 0 Å². The molecule has 0 N–H and O–H groups in total. The van der Waals surface area contributed by atoms with E-state index in [0.29, 0.717) is 17.7 Å². The van der Waals surface area contributed by atoms with Crippen LogP contribution >= 0.6 is 11.8 Å². The number of para-hydroxylation sites is 1. The van der Waals surface area contributed by atoms with Gasteiger partial charge in [-0.2, -0.15) is 0 Å². The lowest BCUT2D eigenvalue weighted by Crippen LogP contribution is -2.32. The number of anilines is 1. The molecule has 0 spiro atoms. The summed E-state index contributed by atoms with van der Waals surface area (Å²) in [6, 6.07) is 9.74. The first-order valence-corrected chi connectivity index (χ1v) is 9.03. The Morgan fingerprint density at radius 2 is 1.92 bits per heavy atom. The molecule has 0 bridgehead atoms. The number of hydrogen-bond acceptors (Lipinski definition) is 6. The van der Waals surface area contributed by atoms with E-state index in [-0.39, 0.29) is 17.7 Å². The standard InChI is InChI=1S/C17H24N4O2S/c1-5-14(20(3)4)16-18-19-17(23-16)24-12-15(22)21(6-2)13-10-8-7-9-11-13/h7-11,14H,5-6,12H2,1-4H3. The molecule has 1 aromatic heterocycles. The summed E-state index contributed by atoms with van der Waals surface area (Å²) in [5.74, 6) is 0.879. The van der Waals surface area contributed by atoms with Gasteiger partial charge < -0.3 is 9.32 Å². The third-order valence-electron chi connectivity index (χ3n) is 3.72. The second-order valence-corrected chi connectivity index (χ2v) is 6.48. The molecule has 24 heavy (non-hydrogen) atoms. The topological polar surface area (TPSA) is 62.5 Å². The number of carbonyl (C=O) groups is 1. The van der Waals surface area contributed by atoms with Gasteiger partial charge >= 0.3 is 0 Å². The van der Waals surface area contributed by atoms with E-state index in [2.05, 4.69) is 17.1 Å². The van der Waals surface area contributed by atoms with Crippen LogP contribution in [0, 0.1) is 0 Å². The third-order valence-corrected chi connectivity index (χ3v) is 4.52. The number of amides is 1. The smallest absolute Gasteiger partial charge is 0.277 e. The molecule has 6 nitrogen and oxygen atoms in total. The molecule has 1 atom stereocenters. The molecule has 0 aliphatic heterocycles. The molecule has 2 aromatic rings. The number of rotatable bonds is 8. The molecule has 1 amide bonds. The minimum Gasteiger partial charge on any atom is -0.414 e. The fourth-order valence-electron chi connectivity index (χ4n) is 2.49. The van der Waals surface area contributed by atoms with Gasteiger partial charge in [-0.1, -0.05) is 36.9 Å². The highest BCUT2D eigenvalue weighted by Crippen LogP contribution is 2.25. The molecule has 1 aromatic carbocycles. The average molecular weight is 348 g/mol. The first kappa shape index (κ1) is 18.5. The third kappa shape index (κ3) is 4.58. The molecular formula is C17H24N4O2S. The Morgan fingerprint density at radius 3 is 2.50 bits per heavy atom. The Kier molecular flexibility index (Phi) is 6.81. The van der Waals surface area contributed by atoms with Crippen molar-refractivity contribution in [3.8, 4) is 0 Å². The lowest BCUT2D eigenvalue weighted by atomic mass is 10.2. The van der Waals surface area contributed by atoms with Crippen molar-refractivity contribution in [3.05, 3.63) is 36.2 Å². The largest absolute Gasteiger partial charge is 0.414 e. The molecule has 7 heteroatoms. The fourth-order valence-corrected chi connectivity index (χ4v) is 3.13. The number of aromatic nitrogens is 2. The molecular weight excluding hydrogens is 324 g/mol. The number of hydrogen-bond donors (Lipinski definition) is 0. The van der Waals surface area contributed by atoms with Crippen LogP contribution in [0.4, 0.5) is 5.69 Å². The summed E-state index contributed by atoms with van der Waals surface area (Å²) in [6.07, 6.45) is 0.885. The van der Waals surface area contributed by atoms with Crippen LogP contribution in [0.3, 0.4) is 0 Å². The Bertz CT molecular complexity index is 645. The Hall–Kier alpha value is -1.86. The monoisotopic (exact) mass is 348 g/mol. The lowest BCUT2D eigenvalue weighted by molar-refractivity contribution is -0.116. The van der Waals surface area contributed by atoms with Gasteiger partial charge in [0.05, 0.1) is 11.8 Å². The van der Waals surface area contributed by atoms with E-state index in [1.165, 1.54) is 11.8 Å². The van der Waals surface area contributed by atoms with Gasteiger partial charge in [-0.25, -0.2) is 0 Å². The SMILES string of the molecule is CCC(c1nnc(SCC(=O)N(CC)c2ccccc2)o1)N(C)C. The molecule has 0 radical (unpaired) electrons. The van der Waals surface area contributed by atoms with E-state index >= 15 is 0 Å². The molecule has 0 saturated heterocycles. The maximum atomic E-state index is 12.5. The minimum absolute atomic E-state index is 0.0214. The zero-order valence-electron chi connectivity index (χ0n) is 14.6. The summed E-state index contributed by atoms with van der Waals surface area (Å²) in [7, 11) is 3.96. The molecule has 1 unspecified atom stereocenters. The molecule has 0 aliphatic carbocycles. The molecule has 0 aliphatic rings. The molecule has 2 rings (SSSR count). The van der Waals surface area contributed by atoms with Crippen molar-refractivity contribution in [3.63, 3.8) is 0 Å². The van der Waals surface area contributed by atoms with E-state index in [1.807, 2.05) is 56.3 Å². The zero-order valence-corrected chi connectivity index (χ0v) is 15.4. The van der Waals surface area contributed by atoms with Crippen LogP contribution in [-0.2, 0) is 4.79 Å². The normalized spacial score (nSPS) is 12.4. The van der Waals surface area contributed by atoms with Crippen molar-refractivity contribution in [2.75, 3.05) is 31.3 Å². The van der Waals surface area contributed by atoms with E-state index in [0.717, 1.165) is 12.1 Å². The predicted octanol–water partition coefficient (Wildman–Crippen LogP) is 3.23. The number of thioether (sulfide) groups is 1. The van der Waals surface area contributed by atoms with Crippen LogP contribution in [0.15, 0.2) is 40.0 Å². The molecule has 0 saturated carbocycles. The quantitative estimate of drug-likeness (QED) is 0.683. The minimum atomic E-state index is 0.0214. The Balaban J connectivity index is 1.98. The van der Waals surface area contributed by atoms with Gasteiger partial charge in [0.1, 0.15) is 0 Å². The van der Waals surface area contributed by atoms with Crippen LogP contribution < -0.4 is 4.90 Å². The molecule has 1 heterocycles. The van der Waals surface area contributed by atoms with Crippen LogP contribution in [0.25, 0.3) is 0 Å². The van der Waals surface area contributed by atoms with Crippen molar-refractivity contribution >= 4 is 23.4 Å². The van der Waals surface area contributed by atoms with Crippen molar-refractivity contribution in [1.82, 2.24) is 15.1 Å². The van der Waals surface area contributed by atoms with Crippen LogP contribution in [0.5, 0.6) is 0 Å². The Morgan fingerprint density at radius 1 is 1.21 bits per heavy atom. The van der Waals surface area contributed by atoms with Gasteiger partial charge in [0.2, 0.25) is 11.8 Å². The zero-order chi connectivity index (χ0) is 17.5. The van der Waals surface area contributed by atoms with Crippen molar-refractivity contribution in [1.29, 1.82) is 0 Å². The van der Waals surface area contributed by atoms with Crippen molar-refractivity contribution in [2.45, 2.75) is 31.5 Å².